The molecule has 0 unspecified atom stereocenters. The molecule has 1 fully saturated rings. The zero-order chi connectivity index (χ0) is 13.0. The summed E-state index contributed by atoms with van der Waals surface area (Å²) in [6.45, 7) is 0.908. The Bertz CT molecular complexity index is 605. The molecule has 5 nitrogen and oxygen atoms in total. The van der Waals surface area contributed by atoms with Gasteiger partial charge < -0.3 is 15.2 Å². The molecule has 0 saturated heterocycles. The monoisotopic (exact) mass is 269 g/mol. The SMILES string of the molecule is CS(=O)(=O)c1cc2c(cc1C1(N)CC1)OCCO2. The fourth-order valence-electron chi connectivity index (χ4n) is 2.17. The first-order valence-electron chi connectivity index (χ1n) is 5.83. The van der Waals surface area contributed by atoms with Gasteiger partial charge in [-0.05, 0) is 24.5 Å². The van der Waals surface area contributed by atoms with E-state index in [0.717, 1.165) is 12.8 Å². The third-order valence-electron chi connectivity index (χ3n) is 3.37. The fraction of sp³-hybridized carbons (Fsp3) is 0.500. The van der Waals surface area contributed by atoms with Crippen LogP contribution in [-0.2, 0) is 15.4 Å². The number of benzene rings is 1. The summed E-state index contributed by atoms with van der Waals surface area (Å²) in [7, 11) is -3.33. The van der Waals surface area contributed by atoms with Gasteiger partial charge in [0, 0.05) is 17.9 Å². The average Bonchev–Trinajstić information content (AvgIpc) is 3.06. The maximum atomic E-state index is 11.9. The molecule has 1 heterocycles. The Morgan fingerprint density at radius 2 is 1.72 bits per heavy atom. The van der Waals surface area contributed by atoms with E-state index in [0.29, 0.717) is 30.3 Å². The van der Waals surface area contributed by atoms with Crippen molar-refractivity contribution in [3.8, 4) is 11.5 Å². The quantitative estimate of drug-likeness (QED) is 0.859. The van der Waals surface area contributed by atoms with Crippen LogP contribution < -0.4 is 15.2 Å². The van der Waals surface area contributed by atoms with Crippen LogP contribution in [0.2, 0.25) is 0 Å². The van der Waals surface area contributed by atoms with Gasteiger partial charge in [0.15, 0.2) is 21.3 Å². The van der Waals surface area contributed by atoms with Crippen molar-refractivity contribution in [1.82, 2.24) is 0 Å². The first-order chi connectivity index (χ1) is 8.40. The summed E-state index contributed by atoms with van der Waals surface area (Å²) in [5.74, 6) is 1.06. The summed E-state index contributed by atoms with van der Waals surface area (Å²) in [4.78, 5) is 0.256. The van der Waals surface area contributed by atoms with Crippen molar-refractivity contribution in [3.63, 3.8) is 0 Å². The molecule has 2 N–H and O–H groups in total. The van der Waals surface area contributed by atoms with Crippen LogP contribution in [0.1, 0.15) is 18.4 Å². The molecule has 1 aliphatic heterocycles. The van der Waals surface area contributed by atoms with Crippen LogP contribution in [0.5, 0.6) is 11.5 Å². The van der Waals surface area contributed by atoms with Crippen LogP contribution in [-0.4, -0.2) is 27.9 Å². The lowest BCUT2D eigenvalue weighted by Gasteiger charge is -2.22. The van der Waals surface area contributed by atoms with Gasteiger partial charge in [0.2, 0.25) is 0 Å². The van der Waals surface area contributed by atoms with Crippen molar-refractivity contribution in [2.24, 2.45) is 5.73 Å². The third-order valence-corrected chi connectivity index (χ3v) is 4.51. The molecule has 1 saturated carbocycles. The third kappa shape index (κ3) is 1.85. The molecule has 3 rings (SSSR count). The van der Waals surface area contributed by atoms with Crippen LogP contribution >= 0.6 is 0 Å². The van der Waals surface area contributed by atoms with Gasteiger partial charge in [-0.15, -0.1) is 0 Å². The van der Waals surface area contributed by atoms with E-state index >= 15 is 0 Å². The summed E-state index contributed by atoms with van der Waals surface area (Å²) in [5.41, 5.74) is 6.27. The van der Waals surface area contributed by atoms with Crippen molar-refractivity contribution < 1.29 is 17.9 Å². The van der Waals surface area contributed by atoms with Gasteiger partial charge in [-0.2, -0.15) is 0 Å². The zero-order valence-electron chi connectivity index (χ0n) is 10.1. The maximum Gasteiger partial charge on any atom is 0.176 e. The molecule has 0 bridgehead atoms. The van der Waals surface area contributed by atoms with Gasteiger partial charge in [-0.25, -0.2) is 8.42 Å². The van der Waals surface area contributed by atoms with Crippen LogP contribution in [0, 0.1) is 0 Å². The van der Waals surface area contributed by atoms with E-state index in [4.69, 9.17) is 15.2 Å². The van der Waals surface area contributed by atoms with Crippen LogP contribution in [0.15, 0.2) is 17.0 Å². The molecule has 0 spiro atoms. The molecule has 6 heteroatoms. The molecule has 0 atom stereocenters. The molecular formula is C12H15NO4S. The number of fused-ring (bicyclic) bond motifs is 1. The van der Waals surface area contributed by atoms with Crippen LogP contribution in [0.3, 0.4) is 0 Å². The number of ether oxygens (including phenoxy) is 2. The Kier molecular flexibility index (Phi) is 2.37. The van der Waals surface area contributed by atoms with Gasteiger partial charge in [0.25, 0.3) is 0 Å². The van der Waals surface area contributed by atoms with Gasteiger partial charge in [0.05, 0.1) is 4.90 Å². The van der Waals surface area contributed by atoms with Crippen LogP contribution in [0.4, 0.5) is 0 Å². The molecule has 2 aliphatic rings. The molecule has 1 aromatic carbocycles. The topological polar surface area (TPSA) is 78.6 Å². The van der Waals surface area contributed by atoms with E-state index in [9.17, 15) is 8.42 Å². The number of hydrogen-bond donors (Lipinski definition) is 1. The molecule has 0 aromatic heterocycles. The Morgan fingerprint density at radius 3 is 2.22 bits per heavy atom. The molecule has 1 aromatic rings. The summed E-state index contributed by atoms with van der Waals surface area (Å²) in [6, 6.07) is 3.25. The lowest BCUT2D eigenvalue weighted by atomic mass is 10.0. The van der Waals surface area contributed by atoms with Gasteiger partial charge in [0.1, 0.15) is 13.2 Å². The molecule has 0 amide bonds. The Hall–Kier alpha value is -1.27. The molecular weight excluding hydrogens is 254 g/mol. The first-order valence-corrected chi connectivity index (χ1v) is 7.72. The first kappa shape index (κ1) is 11.8. The zero-order valence-corrected chi connectivity index (χ0v) is 10.9. The average molecular weight is 269 g/mol. The molecule has 98 valence electrons. The Labute approximate surface area is 106 Å². The Morgan fingerprint density at radius 1 is 1.17 bits per heavy atom. The highest BCUT2D eigenvalue weighted by molar-refractivity contribution is 7.90. The van der Waals surface area contributed by atoms with E-state index in [1.165, 1.54) is 12.3 Å². The van der Waals surface area contributed by atoms with E-state index in [-0.39, 0.29) is 4.90 Å². The van der Waals surface area contributed by atoms with Gasteiger partial charge >= 0.3 is 0 Å². The second-order valence-corrected chi connectivity index (χ2v) is 6.90. The van der Waals surface area contributed by atoms with Crippen molar-refractivity contribution in [2.75, 3.05) is 19.5 Å². The summed E-state index contributed by atoms with van der Waals surface area (Å²) in [6.07, 6.45) is 2.79. The van der Waals surface area contributed by atoms with Gasteiger partial charge in [-0.1, -0.05) is 0 Å². The smallest absolute Gasteiger partial charge is 0.176 e. The maximum absolute atomic E-state index is 11.9. The predicted molar refractivity (Wildman–Crippen MR) is 65.6 cm³/mol. The summed E-state index contributed by atoms with van der Waals surface area (Å²) in [5, 5.41) is 0. The van der Waals surface area contributed by atoms with Gasteiger partial charge in [-0.3, -0.25) is 0 Å². The van der Waals surface area contributed by atoms with E-state index in [1.54, 1.807) is 6.07 Å². The lowest BCUT2D eigenvalue weighted by molar-refractivity contribution is 0.170. The molecule has 0 radical (unpaired) electrons. The largest absolute Gasteiger partial charge is 0.486 e. The normalized spacial score (nSPS) is 20.6. The highest BCUT2D eigenvalue weighted by Gasteiger charge is 2.44. The van der Waals surface area contributed by atoms with E-state index in [2.05, 4.69) is 0 Å². The minimum atomic E-state index is -3.33. The highest BCUT2D eigenvalue weighted by Crippen LogP contribution is 2.48. The number of hydrogen-bond acceptors (Lipinski definition) is 5. The minimum Gasteiger partial charge on any atom is -0.486 e. The van der Waals surface area contributed by atoms with E-state index in [1.807, 2.05) is 0 Å². The minimum absolute atomic E-state index is 0.256. The second kappa shape index (κ2) is 3.61. The van der Waals surface area contributed by atoms with Crippen LogP contribution in [0.25, 0.3) is 0 Å². The van der Waals surface area contributed by atoms with Crippen molar-refractivity contribution >= 4 is 9.84 Å². The van der Waals surface area contributed by atoms with Crippen molar-refractivity contribution in [1.29, 1.82) is 0 Å². The molecule has 1 aliphatic carbocycles. The predicted octanol–water partition coefficient (Wildman–Crippen LogP) is 0.809. The second-order valence-electron chi connectivity index (χ2n) is 4.92. The Balaban J connectivity index is 2.22. The summed E-state index contributed by atoms with van der Waals surface area (Å²) < 4.78 is 34.6. The molecule has 18 heavy (non-hydrogen) atoms. The summed E-state index contributed by atoms with van der Waals surface area (Å²) >= 11 is 0. The number of rotatable bonds is 2. The lowest BCUT2D eigenvalue weighted by Crippen LogP contribution is -2.23. The standard InChI is InChI=1S/C12H15NO4S/c1-18(14,15)11-7-10-9(16-4-5-17-10)6-8(11)12(13)2-3-12/h6-7H,2-5,13H2,1H3. The fourth-order valence-corrected chi connectivity index (χ4v) is 3.15. The van der Waals surface area contributed by atoms with Crippen molar-refractivity contribution in [2.45, 2.75) is 23.3 Å². The number of nitrogens with two attached hydrogens (primary N) is 1. The van der Waals surface area contributed by atoms with E-state index < -0.39 is 15.4 Å². The van der Waals surface area contributed by atoms with Crippen molar-refractivity contribution in [3.05, 3.63) is 17.7 Å². The number of sulfone groups is 1. The highest BCUT2D eigenvalue weighted by atomic mass is 32.2.